The second kappa shape index (κ2) is 10.5. The Bertz CT molecular complexity index is 962. The highest BCUT2D eigenvalue weighted by molar-refractivity contribution is 7.09. The van der Waals surface area contributed by atoms with Crippen molar-refractivity contribution in [2.24, 2.45) is 0 Å². The maximum Gasteiger partial charge on any atom is 0.344 e. The highest BCUT2D eigenvalue weighted by Crippen LogP contribution is 2.22. The Morgan fingerprint density at radius 3 is 2.79 bits per heavy atom. The van der Waals surface area contributed by atoms with Gasteiger partial charge in [-0.1, -0.05) is 36.4 Å². The van der Waals surface area contributed by atoms with Crippen LogP contribution in [0, 0.1) is 0 Å². The van der Waals surface area contributed by atoms with Gasteiger partial charge in [0.15, 0.2) is 0 Å². The number of ether oxygens (including phenoxy) is 1. The SMILES string of the molecule is C[C@]1(CCc2ccccc2)NC(=O)N(NC(=O)CN(Cc2cccs2)C[C@H]2CCCO2)C1=O. The largest absolute Gasteiger partial charge is 0.377 e. The van der Waals surface area contributed by atoms with Crippen LogP contribution in [0.5, 0.6) is 0 Å². The smallest absolute Gasteiger partial charge is 0.344 e. The first-order valence-electron chi connectivity index (χ1n) is 11.3. The van der Waals surface area contributed by atoms with Crippen LogP contribution in [0.4, 0.5) is 4.79 Å². The number of hydrogen-bond donors (Lipinski definition) is 2. The maximum atomic E-state index is 13.0. The molecule has 1 aromatic heterocycles. The molecule has 2 aromatic rings. The molecule has 2 aliphatic rings. The van der Waals surface area contributed by atoms with Crippen molar-refractivity contribution in [2.45, 2.75) is 50.8 Å². The molecule has 2 N–H and O–H groups in total. The topological polar surface area (TPSA) is 91.0 Å². The molecule has 2 atom stereocenters. The summed E-state index contributed by atoms with van der Waals surface area (Å²) in [6, 6.07) is 13.2. The average Bonchev–Trinajstić information content (AvgIpc) is 3.54. The van der Waals surface area contributed by atoms with Crippen molar-refractivity contribution >= 4 is 29.2 Å². The van der Waals surface area contributed by atoms with Crippen LogP contribution in [0.3, 0.4) is 0 Å². The minimum atomic E-state index is -1.06. The number of carbonyl (C=O) groups excluding carboxylic acids is 3. The Kier molecular flexibility index (Phi) is 7.42. The van der Waals surface area contributed by atoms with Crippen molar-refractivity contribution in [3.63, 3.8) is 0 Å². The van der Waals surface area contributed by atoms with Gasteiger partial charge in [0.2, 0.25) is 0 Å². The molecule has 4 amide bonds. The fourth-order valence-corrected chi connectivity index (χ4v) is 4.99. The molecule has 3 heterocycles. The van der Waals surface area contributed by atoms with Gasteiger partial charge in [0.25, 0.3) is 11.8 Å². The number of urea groups is 1. The van der Waals surface area contributed by atoms with Gasteiger partial charge in [-0.3, -0.25) is 19.9 Å². The van der Waals surface area contributed by atoms with Crippen LogP contribution >= 0.6 is 11.3 Å². The number of imide groups is 1. The Balaban J connectivity index is 1.35. The molecule has 4 rings (SSSR count). The summed E-state index contributed by atoms with van der Waals surface area (Å²) in [4.78, 5) is 41.5. The summed E-state index contributed by atoms with van der Waals surface area (Å²) in [5.41, 5.74) is 2.54. The van der Waals surface area contributed by atoms with E-state index in [9.17, 15) is 14.4 Å². The van der Waals surface area contributed by atoms with Crippen molar-refractivity contribution in [1.29, 1.82) is 0 Å². The van der Waals surface area contributed by atoms with E-state index in [1.165, 1.54) is 0 Å². The number of thiophene rings is 1. The van der Waals surface area contributed by atoms with E-state index in [2.05, 4.69) is 10.7 Å². The highest BCUT2D eigenvalue weighted by atomic mass is 32.1. The van der Waals surface area contributed by atoms with Crippen LogP contribution in [-0.4, -0.2) is 59.1 Å². The monoisotopic (exact) mass is 470 g/mol. The summed E-state index contributed by atoms with van der Waals surface area (Å²) >= 11 is 1.63. The van der Waals surface area contributed by atoms with Crippen molar-refractivity contribution in [3.05, 3.63) is 58.3 Å². The number of aryl methyl sites for hydroxylation is 1. The second-order valence-corrected chi connectivity index (χ2v) is 9.84. The van der Waals surface area contributed by atoms with E-state index in [1.807, 2.05) is 52.7 Å². The van der Waals surface area contributed by atoms with Crippen molar-refractivity contribution in [2.75, 3.05) is 19.7 Å². The summed E-state index contributed by atoms with van der Waals surface area (Å²) < 4.78 is 5.74. The van der Waals surface area contributed by atoms with Gasteiger partial charge in [0.05, 0.1) is 12.6 Å². The van der Waals surface area contributed by atoms with Crippen molar-refractivity contribution < 1.29 is 19.1 Å². The van der Waals surface area contributed by atoms with E-state index < -0.39 is 23.4 Å². The van der Waals surface area contributed by atoms with Gasteiger partial charge in [0.1, 0.15) is 5.54 Å². The zero-order chi connectivity index (χ0) is 23.3. The Hall–Kier alpha value is -2.75. The lowest BCUT2D eigenvalue weighted by Crippen LogP contribution is -2.51. The van der Waals surface area contributed by atoms with Gasteiger partial charge < -0.3 is 10.1 Å². The lowest BCUT2D eigenvalue weighted by Gasteiger charge is -2.25. The minimum absolute atomic E-state index is 0.0650. The van der Waals surface area contributed by atoms with E-state index in [-0.39, 0.29) is 12.6 Å². The summed E-state index contributed by atoms with van der Waals surface area (Å²) in [5, 5.41) is 5.57. The predicted octanol–water partition coefficient (Wildman–Crippen LogP) is 2.70. The van der Waals surface area contributed by atoms with Crippen LogP contribution < -0.4 is 10.7 Å². The van der Waals surface area contributed by atoms with Crippen molar-refractivity contribution in [3.8, 4) is 0 Å². The molecular formula is C24H30N4O4S. The van der Waals surface area contributed by atoms with Gasteiger partial charge in [-0.15, -0.1) is 11.3 Å². The number of nitrogens with zero attached hydrogens (tertiary/aromatic N) is 2. The van der Waals surface area contributed by atoms with E-state index in [4.69, 9.17) is 4.74 Å². The summed E-state index contributed by atoms with van der Waals surface area (Å²) in [5.74, 6) is -0.846. The molecule has 0 spiro atoms. The van der Waals surface area contributed by atoms with E-state index in [0.29, 0.717) is 25.9 Å². The molecule has 176 valence electrons. The molecule has 1 aromatic carbocycles. The first-order valence-corrected chi connectivity index (χ1v) is 12.2. The molecule has 0 unspecified atom stereocenters. The van der Waals surface area contributed by atoms with Gasteiger partial charge in [-0.05, 0) is 49.6 Å². The van der Waals surface area contributed by atoms with Crippen LogP contribution in [0.1, 0.15) is 36.6 Å². The van der Waals surface area contributed by atoms with Gasteiger partial charge in [-0.2, -0.15) is 5.01 Å². The number of rotatable bonds is 10. The summed E-state index contributed by atoms with van der Waals surface area (Å²) in [6.45, 7) is 3.74. The molecule has 33 heavy (non-hydrogen) atoms. The van der Waals surface area contributed by atoms with Gasteiger partial charge in [0, 0.05) is 24.6 Å². The third-order valence-electron chi connectivity index (χ3n) is 6.07. The molecule has 2 saturated heterocycles. The highest BCUT2D eigenvalue weighted by Gasteiger charge is 2.48. The zero-order valence-electron chi connectivity index (χ0n) is 18.8. The van der Waals surface area contributed by atoms with Crippen molar-refractivity contribution in [1.82, 2.24) is 20.7 Å². The third-order valence-corrected chi connectivity index (χ3v) is 6.93. The number of amides is 4. The van der Waals surface area contributed by atoms with Crippen LogP contribution in [0.15, 0.2) is 47.8 Å². The fourth-order valence-electron chi connectivity index (χ4n) is 4.24. The predicted molar refractivity (Wildman–Crippen MR) is 125 cm³/mol. The van der Waals surface area contributed by atoms with Crippen LogP contribution in [0.2, 0.25) is 0 Å². The lowest BCUT2D eigenvalue weighted by molar-refractivity contribution is -0.139. The summed E-state index contributed by atoms with van der Waals surface area (Å²) in [6.07, 6.45) is 3.16. The third kappa shape index (κ3) is 5.98. The maximum absolute atomic E-state index is 13.0. The minimum Gasteiger partial charge on any atom is -0.377 e. The molecule has 8 nitrogen and oxygen atoms in total. The fraction of sp³-hybridized carbons (Fsp3) is 0.458. The number of nitrogens with one attached hydrogen (secondary N) is 2. The number of carbonyl (C=O) groups is 3. The molecule has 9 heteroatoms. The normalized spacial score (nSPS) is 22.7. The van der Waals surface area contributed by atoms with Crippen LogP contribution in [0.25, 0.3) is 0 Å². The quantitative estimate of drug-likeness (QED) is 0.521. The lowest BCUT2D eigenvalue weighted by atomic mass is 9.93. The molecule has 0 bridgehead atoms. The van der Waals surface area contributed by atoms with E-state index in [0.717, 1.165) is 34.9 Å². The summed E-state index contributed by atoms with van der Waals surface area (Å²) in [7, 11) is 0. The molecule has 0 aliphatic carbocycles. The average molecular weight is 471 g/mol. The number of benzene rings is 1. The molecule has 2 fully saturated rings. The van der Waals surface area contributed by atoms with Gasteiger partial charge >= 0.3 is 6.03 Å². The Morgan fingerprint density at radius 1 is 1.27 bits per heavy atom. The zero-order valence-corrected chi connectivity index (χ0v) is 19.6. The molecule has 2 aliphatic heterocycles. The van der Waals surface area contributed by atoms with E-state index in [1.54, 1.807) is 18.3 Å². The van der Waals surface area contributed by atoms with Crippen LogP contribution in [-0.2, 0) is 27.3 Å². The second-order valence-electron chi connectivity index (χ2n) is 8.81. The first kappa shape index (κ1) is 23.4. The van der Waals surface area contributed by atoms with Gasteiger partial charge in [-0.25, -0.2) is 4.79 Å². The molecule has 0 saturated carbocycles. The molecular weight excluding hydrogens is 440 g/mol. The first-order chi connectivity index (χ1) is 15.9. The standard InChI is InChI=1S/C24H30N4O4S/c1-24(12-11-18-7-3-2-4-8-18)22(30)28(23(31)25-24)26-21(29)17-27(15-19-9-5-13-32-19)16-20-10-6-14-33-20/h2-4,6-8,10,14,19H,5,9,11-13,15-17H2,1H3,(H,25,31)(H,26,29)/t19-,24-/m1/s1. The molecule has 0 radical (unpaired) electrons. The van der Waals surface area contributed by atoms with E-state index >= 15 is 0 Å². The number of hydrazine groups is 1. The number of hydrogen-bond acceptors (Lipinski definition) is 6. The Labute approximate surface area is 197 Å². The Morgan fingerprint density at radius 2 is 2.09 bits per heavy atom.